The first-order valence-corrected chi connectivity index (χ1v) is 11.0. The zero-order valence-corrected chi connectivity index (χ0v) is 17.2. The van der Waals surface area contributed by atoms with Crippen molar-refractivity contribution in [3.63, 3.8) is 0 Å². The normalized spacial score (nSPS) is 55.8. The van der Waals surface area contributed by atoms with Crippen LogP contribution in [-0.2, 0) is 23.7 Å². The van der Waals surface area contributed by atoms with Crippen molar-refractivity contribution in [2.24, 2.45) is 28.6 Å². The molecule has 6 nitrogen and oxygen atoms in total. The molecule has 6 rings (SSSR count). The monoisotopic (exact) mass is 402 g/mol. The average molecular weight is 402 g/mol. The highest BCUT2D eigenvalue weighted by atomic mass is 16.9. The lowest BCUT2D eigenvalue weighted by Gasteiger charge is -2.60. The van der Waals surface area contributed by atoms with Crippen LogP contribution < -0.4 is 0 Å². The second kappa shape index (κ2) is 5.80. The van der Waals surface area contributed by atoms with Crippen LogP contribution >= 0.6 is 0 Å². The molecular formula is C23H30O6. The zero-order valence-electron chi connectivity index (χ0n) is 17.2. The van der Waals surface area contributed by atoms with E-state index in [0.717, 1.165) is 25.7 Å². The molecule has 0 aromatic carbocycles. The summed E-state index contributed by atoms with van der Waals surface area (Å²) in [5, 5.41) is 11.5. The third-order valence-corrected chi connectivity index (χ3v) is 9.50. The van der Waals surface area contributed by atoms with E-state index in [1.165, 1.54) is 5.57 Å². The molecule has 0 amide bonds. The summed E-state index contributed by atoms with van der Waals surface area (Å²) >= 11 is 0. The van der Waals surface area contributed by atoms with Gasteiger partial charge in [-0.05, 0) is 56.1 Å². The van der Waals surface area contributed by atoms with Crippen LogP contribution in [-0.4, -0.2) is 48.6 Å². The van der Waals surface area contributed by atoms with Crippen LogP contribution in [0.25, 0.3) is 0 Å². The summed E-state index contributed by atoms with van der Waals surface area (Å²) in [6, 6.07) is 0. The highest BCUT2D eigenvalue weighted by Gasteiger charge is 2.76. The Labute approximate surface area is 171 Å². The number of ketones is 1. The van der Waals surface area contributed by atoms with E-state index in [1.807, 2.05) is 0 Å². The Morgan fingerprint density at radius 2 is 1.97 bits per heavy atom. The predicted octanol–water partition coefficient (Wildman–Crippen LogP) is 2.71. The van der Waals surface area contributed by atoms with E-state index in [9.17, 15) is 9.90 Å². The fourth-order valence-electron chi connectivity index (χ4n) is 8.30. The molecule has 8 atom stereocenters. The first kappa shape index (κ1) is 18.7. The molecule has 0 bridgehead atoms. The highest BCUT2D eigenvalue weighted by Crippen LogP contribution is 2.71. The number of carbonyl (C=O) groups is 1. The maximum atomic E-state index is 12.0. The van der Waals surface area contributed by atoms with Crippen molar-refractivity contribution >= 4 is 5.78 Å². The Balaban J connectivity index is 1.41. The lowest BCUT2D eigenvalue weighted by Crippen LogP contribution is -2.66. The minimum atomic E-state index is -0.857. The summed E-state index contributed by atoms with van der Waals surface area (Å²) in [4.78, 5) is 12.0. The molecule has 29 heavy (non-hydrogen) atoms. The topological polar surface area (TPSA) is 74.2 Å². The van der Waals surface area contributed by atoms with Gasteiger partial charge in [0, 0.05) is 16.7 Å². The molecule has 0 aromatic rings. The van der Waals surface area contributed by atoms with Crippen molar-refractivity contribution in [1.29, 1.82) is 0 Å². The molecule has 5 fully saturated rings. The van der Waals surface area contributed by atoms with Gasteiger partial charge in [0.15, 0.2) is 19.4 Å². The van der Waals surface area contributed by atoms with Crippen molar-refractivity contribution in [3.05, 3.63) is 23.8 Å². The molecule has 2 aliphatic heterocycles. The molecule has 2 saturated heterocycles. The number of carbonyl (C=O) groups excluding carboxylic acids is 1. The Morgan fingerprint density at radius 3 is 2.76 bits per heavy atom. The quantitative estimate of drug-likeness (QED) is 0.672. The third kappa shape index (κ3) is 2.07. The summed E-state index contributed by atoms with van der Waals surface area (Å²) in [5.74, 6) is 0.140. The number of hydrogen-bond acceptors (Lipinski definition) is 6. The minimum Gasteiger partial charge on any atom is -0.393 e. The standard InChI is InChI=1S/C23H30O6/c1-20-7-5-15(24)9-14(20)3-4-16-17-6-8-22(21(17,2)10-18(25)19(16)20)23(29-13-27-22)11-26-12-28-23/h5,7,9,16-19,25H,3-4,6,8,10-13H2,1-2H3/t16?,17?,18?,19?,20-,21-,22+,23?/m0/s1. The lowest BCUT2D eigenvalue weighted by atomic mass is 9.46. The van der Waals surface area contributed by atoms with Crippen molar-refractivity contribution < 1.29 is 28.8 Å². The first-order valence-electron chi connectivity index (χ1n) is 11.0. The number of hydrogen-bond donors (Lipinski definition) is 1. The lowest BCUT2D eigenvalue weighted by molar-refractivity contribution is -0.256. The largest absolute Gasteiger partial charge is 0.393 e. The van der Waals surface area contributed by atoms with E-state index >= 15 is 0 Å². The first-order chi connectivity index (χ1) is 13.9. The van der Waals surface area contributed by atoms with Gasteiger partial charge in [-0.3, -0.25) is 4.79 Å². The summed E-state index contributed by atoms with van der Waals surface area (Å²) in [6.07, 6.45) is 9.56. The maximum absolute atomic E-state index is 12.0. The molecule has 0 radical (unpaired) electrons. The van der Waals surface area contributed by atoms with E-state index in [1.54, 1.807) is 12.2 Å². The second-order valence-electron chi connectivity index (χ2n) is 10.3. The molecule has 2 spiro atoms. The molecule has 2 heterocycles. The van der Waals surface area contributed by atoms with Crippen molar-refractivity contribution in [2.45, 2.75) is 63.4 Å². The van der Waals surface area contributed by atoms with Crippen molar-refractivity contribution in [1.82, 2.24) is 0 Å². The van der Waals surface area contributed by atoms with Gasteiger partial charge in [-0.2, -0.15) is 0 Å². The summed E-state index contributed by atoms with van der Waals surface area (Å²) in [6.45, 7) is 5.31. The molecule has 1 N–H and O–H groups in total. The zero-order chi connectivity index (χ0) is 20.1. The van der Waals surface area contributed by atoms with E-state index < -0.39 is 17.5 Å². The van der Waals surface area contributed by atoms with Crippen LogP contribution in [0.3, 0.4) is 0 Å². The number of allylic oxidation sites excluding steroid dienone is 4. The van der Waals surface area contributed by atoms with Gasteiger partial charge in [0.05, 0.1) is 6.10 Å². The molecule has 4 aliphatic carbocycles. The summed E-state index contributed by atoms with van der Waals surface area (Å²) in [5.41, 5.74) is 0.114. The average Bonchev–Trinajstić information content (AvgIpc) is 3.37. The molecule has 6 aliphatic rings. The fourth-order valence-corrected chi connectivity index (χ4v) is 8.30. The van der Waals surface area contributed by atoms with Gasteiger partial charge < -0.3 is 24.1 Å². The SMILES string of the molecule is C[C@]12C=CC(=O)C=C1CCC1C2C(O)C[C@@]2(C)C1CC[C@@]21OCOC12COCO2. The van der Waals surface area contributed by atoms with E-state index in [2.05, 4.69) is 19.9 Å². The Morgan fingerprint density at radius 1 is 1.14 bits per heavy atom. The van der Waals surface area contributed by atoms with E-state index in [0.29, 0.717) is 24.9 Å². The molecule has 6 heteroatoms. The van der Waals surface area contributed by atoms with E-state index in [4.69, 9.17) is 18.9 Å². The number of fused-ring (bicyclic) bond motifs is 7. The second-order valence-corrected chi connectivity index (χ2v) is 10.3. The molecule has 158 valence electrons. The van der Waals surface area contributed by atoms with Gasteiger partial charge in [-0.15, -0.1) is 0 Å². The molecular weight excluding hydrogens is 372 g/mol. The van der Waals surface area contributed by atoms with Gasteiger partial charge in [-0.1, -0.05) is 25.5 Å². The third-order valence-electron chi connectivity index (χ3n) is 9.50. The highest BCUT2D eigenvalue weighted by molar-refractivity contribution is 6.01. The number of aliphatic hydroxyl groups excluding tert-OH is 1. The molecule has 3 saturated carbocycles. The van der Waals surface area contributed by atoms with Crippen molar-refractivity contribution in [3.8, 4) is 0 Å². The van der Waals surface area contributed by atoms with Gasteiger partial charge in [0.1, 0.15) is 12.2 Å². The van der Waals surface area contributed by atoms with Crippen LogP contribution in [0, 0.1) is 28.6 Å². The van der Waals surface area contributed by atoms with Crippen LogP contribution in [0.5, 0.6) is 0 Å². The summed E-state index contributed by atoms with van der Waals surface area (Å²) < 4.78 is 24.0. The molecule has 0 aromatic heterocycles. The van der Waals surface area contributed by atoms with Crippen LogP contribution in [0.2, 0.25) is 0 Å². The van der Waals surface area contributed by atoms with Crippen LogP contribution in [0.4, 0.5) is 0 Å². The molecule has 5 unspecified atom stereocenters. The van der Waals surface area contributed by atoms with Crippen LogP contribution in [0.1, 0.15) is 46.0 Å². The van der Waals surface area contributed by atoms with Gasteiger partial charge in [-0.25, -0.2) is 0 Å². The Kier molecular flexibility index (Phi) is 3.74. The summed E-state index contributed by atoms with van der Waals surface area (Å²) in [7, 11) is 0. The predicted molar refractivity (Wildman–Crippen MR) is 102 cm³/mol. The van der Waals surface area contributed by atoms with Crippen LogP contribution in [0.15, 0.2) is 23.8 Å². The fraction of sp³-hybridized carbons (Fsp3) is 0.783. The number of rotatable bonds is 0. The number of ether oxygens (including phenoxy) is 4. The Hall–Kier alpha value is -1.05. The minimum absolute atomic E-state index is 0.0720. The van der Waals surface area contributed by atoms with Crippen molar-refractivity contribution in [2.75, 3.05) is 20.2 Å². The number of aliphatic hydroxyl groups is 1. The van der Waals surface area contributed by atoms with Gasteiger partial charge >= 0.3 is 0 Å². The van der Waals surface area contributed by atoms with Gasteiger partial charge in [0.25, 0.3) is 0 Å². The maximum Gasteiger partial charge on any atom is 0.226 e. The Bertz CT molecular complexity index is 807. The van der Waals surface area contributed by atoms with E-state index in [-0.39, 0.29) is 36.1 Å². The van der Waals surface area contributed by atoms with Gasteiger partial charge in [0.2, 0.25) is 5.79 Å². The smallest absolute Gasteiger partial charge is 0.226 e.